The Labute approximate surface area is 395 Å². The highest BCUT2D eigenvalue weighted by Crippen LogP contribution is 2.34. The number of hydrogen-bond donors (Lipinski definition) is 3. The molecule has 2 aromatic carbocycles. The summed E-state index contributed by atoms with van der Waals surface area (Å²) in [5.74, 6) is 4.21. The Morgan fingerprint density at radius 2 is 1.15 bits per heavy atom. The number of fused-ring (bicyclic) bond motifs is 2. The molecule has 0 radical (unpaired) electrons. The van der Waals surface area contributed by atoms with Crippen molar-refractivity contribution < 1.29 is 17.9 Å². The SMILES string of the molecule is O=C([C@H]1CCCO1)N1CC[C@@H](Nc2nc(N3CCN(c4ccc(Cl)cc4)CC3)nc3c2S(=O)CC3)C1.O=S1CCc2nc(N3CCN(c4ccc(Cl)cc4)CC3)nc(N[C@@H]3CCNC3)c21. The van der Waals surface area contributed by atoms with E-state index in [1.54, 1.807) is 0 Å². The molecular weight excluding hydrogens is 908 g/mol. The van der Waals surface area contributed by atoms with Crippen molar-refractivity contribution in [3.8, 4) is 0 Å². The lowest BCUT2D eigenvalue weighted by molar-refractivity contribution is -0.139. The summed E-state index contributed by atoms with van der Waals surface area (Å²) in [4.78, 5) is 44.7. The maximum atomic E-state index is 12.8. The van der Waals surface area contributed by atoms with E-state index in [4.69, 9.17) is 47.9 Å². The third-order valence-corrected chi connectivity index (χ3v) is 16.7. The normalized spacial score (nSPS) is 25.1. The third kappa shape index (κ3) is 10.0. The molecule has 20 heteroatoms. The summed E-state index contributed by atoms with van der Waals surface area (Å²) in [6.07, 6.45) is 4.81. The van der Waals surface area contributed by atoms with Gasteiger partial charge in [-0.05, 0) is 80.8 Å². The lowest BCUT2D eigenvalue weighted by atomic mass is 10.2. The van der Waals surface area contributed by atoms with Crippen molar-refractivity contribution >= 4 is 85.6 Å². The van der Waals surface area contributed by atoms with Crippen LogP contribution in [0.4, 0.5) is 34.9 Å². The summed E-state index contributed by atoms with van der Waals surface area (Å²) in [7, 11) is -2.10. The minimum Gasteiger partial charge on any atom is -0.368 e. The molecule has 346 valence electrons. The van der Waals surface area contributed by atoms with Crippen LogP contribution in [-0.2, 0) is 44.0 Å². The number of hydrogen-bond acceptors (Lipinski definition) is 15. The number of piperazine rings is 2. The van der Waals surface area contributed by atoms with Gasteiger partial charge in [0.15, 0.2) is 0 Å². The monoisotopic (exact) mass is 962 g/mol. The molecule has 9 heterocycles. The van der Waals surface area contributed by atoms with Crippen LogP contribution in [0.1, 0.15) is 37.1 Å². The number of ether oxygens (including phenoxy) is 1. The fraction of sp³-hybridized carbons (Fsp3) is 0.533. The van der Waals surface area contributed by atoms with E-state index in [-0.39, 0.29) is 18.1 Å². The number of anilines is 6. The quantitative estimate of drug-likeness (QED) is 0.219. The summed E-state index contributed by atoms with van der Waals surface area (Å²) in [5.41, 5.74) is 4.18. The van der Waals surface area contributed by atoms with Crippen LogP contribution in [0.25, 0.3) is 0 Å². The van der Waals surface area contributed by atoms with Gasteiger partial charge in [0.25, 0.3) is 5.91 Å². The van der Waals surface area contributed by atoms with Gasteiger partial charge in [-0.3, -0.25) is 13.2 Å². The smallest absolute Gasteiger partial charge is 0.251 e. The van der Waals surface area contributed by atoms with Gasteiger partial charge in [-0.15, -0.1) is 0 Å². The second-order valence-electron chi connectivity index (χ2n) is 17.5. The van der Waals surface area contributed by atoms with E-state index < -0.39 is 21.6 Å². The number of halogens is 2. The van der Waals surface area contributed by atoms with Gasteiger partial charge in [-0.25, -0.2) is 9.97 Å². The lowest BCUT2D eigenvalue weighted by Gasteiger charge is -2.36. The van der Waals surface area contributed by atoms with Crippen molar-refractivity contribution in [3.63, 3.8) is 0 Å². The van der Waals surface area contributed by atoms with Gasteiger partial charge in [-0.2, -0.15) is 9.97 Å². The number of rotatable bonds is 9. The molecule has 11 rings (SSSR count). The van der Waals surface area contributed by atoms with Crippen LogP contribution < -0.4 is 35.6 Å². The topological polar surface area (TPSA) is 164 Å². The zero-order chi connectivity index (χ0) is 44.4. The Morgan fingerprint density at radius 3 is 1.63 bits per heavy atom. The molecule has 0 bridgehead atoms. The number of nitrogens with zero attached hydrogens (tertiary/aromatic N) is 9. The summed E-state index contributed by atoms with van der Waals surface area (Å²) in [5, 5.41) is 11.9. The number of amides is 1. The molecule has 0 aliphatic carbocycles. The standard InChI is InChI=1S/C25H31ClN6O3S.C20H25ClN6OS/c26-17-3-5-19(6-4-17)30-10-12-31(13-11-30)25-28-20-8-15-36(34)22(20)23(29-25)27-18-7-9-32(16-18)24(33)21-2-1-14-35-21;21-14-1-3-16(4-2-14)26-8-10-27(11-9-26)20-24-17-6-12-29(28)18(17)19(25-20)23-15-5-7-22-13-15/h3-6,18,21H,1-2,7-16H2,(H,27,28,29);1-4,15,22H,5-13H2,(H,23,24,25)/t18-,21-,36?;15-,29?/m11/s1. The molecule has 5 fully saturated rings. The molecule has 5 saturated heterocycles. The first-order valence-electron chi connectivity index (χ1n) is 23.0. The van der Waals surface area contributed by atoms with Crippen molar-refractivity contribution in [2.75, 3.05) is 127 Å². The van der Waals surface area contributed by atoms with E-state index >= 15 is 0 Å². The summed E-state index contributed by atoms with van der Waals surface area (Å²) in [6, 6.07) is 16.3. The Hall–Kier alpha value is -4.33. The molecule has 0 spiro atoms. The molecule has 2 aromatic heterocycles. The highest BCUT2D eigenvalue weighted by molar-refractivity contribution is 7.85. The molecule has 3 N–H and O–H groups in total. The molecule has 0 saturated carbocycles. The van der Waals surface area contributed by atoms with Crippen molar-refractivity contribution in [2.24, 2.45) is 0 Å². The van der Waals surface area contributed by atoms with Gasteiger partial charge >= 0.3 is 0 Å². The van der Waals surface area contributed by atoms with Crippen molar-refractivity contribution in [1.82, 2.24) is 30.2 Å². The molecule has 2 unspecified atom stereocenters. The Morgan fingerprint density at radius 1 is 0.646 bits per heavy atom. The van der Waals surface area contributed by atoms with Crippen LogP contribution in [0.5, 0.6) is 0 Å². The number of likely N-dealkylation sites (tertiary alicyclic amines) is 1. The van der Waals surface area contributed by atoms with Crippen LogP contribution in [0.3, 0.4) is 0 Å². The molecule has 7 aliphatic heterocycles. The predicted molar refractivity (Wildman–Crippen MR) is 258 cm³/mol. The zero-order valence-electron chi connectivity index (χ0n) is 36.4. The van der Waals surface area contributed by atoms with Crippen LogP contribution >= 0.6 is 23.2 Å². The first-order chi connectivity index (χ1) is 31.7. The van der Waals surface area contributed by atoms with Crippen LogP contribution in [0.2, 0.25) is 10.0 Å². The average Bonchev–Trinajstić information content (AvgIpc) is 4.21. The number of nitrogens with one attached hydrogen (secondary N) is 3. The highest BCUT2D eigenvalue weighted by atomic mass is 35.5. The second kappa shape index (κ2) is 19.9. The van der Waals surface area contributed by atoms with Crippen molar-refractivity contribution in [2.45, 2.75) is 66.5 Å². The first-order valence-corrected chi connectivity index (χ1v) is 26.4. The molecule has 16 nitrogen and oxygen atoms in total. The van der Waals surface area contributed by atoms with Gasteiger partial charge in [0.2, 0.25) is 11.9 Å². The Balaban J connectivity index is 0.000000157. The van der Waals surface area contributed by atoms with Crippen molar-refractivity contribution in [3.05, 3.63) is 70.0 Å². The van der Waals surface area contributed by atoms with E-state index in [0.717, 1.165) is 146 Å². The molecule has 1 amide bonds. The zero-order valence-corrected chi connectivity index (χ0v) is 39.6. The third-order valence-electron chi connectivity index (χ3n) is 13.3. The van der Waals surface area contributed by atoms with E-state index in [0.29, 0.717) is 55.4 Å². The summed E-state index contributed by atoms with van der Waals surface area (Å²) in [6.45, 7) is 10.8. The second-order valence-corrected chi connectivity index (χ2v) is 21.4. The van der Waals surface area contributed by atoms with Gasteiger partial charge in [-0.1, -0.05) is 23.2 Å². The van der Waals surface area contributed by atoms with E-state index in [9.17, 15) is 13.2 Å². The average molecular weight is 964 g/mol. The largest absolute Gasteiger partial charge is 0.368 e. The molecule has 5 atom stereocenters. The molecular formula is C45H56Cl2N12O4S2. The molecule has 7 aliphatic rings. The number of benzene rings is 2. The van der Waals surface area contributed by atoms with Crippen LogP contribution in [0.15, 0.2) is 58.3 Å². The Kier molecular flexibility index (Phi) is 13.6. The van der Waals surface area contributed by atoms with Gasteiger partial charge < -0.3 is 45.2 Å². The first kappa shape index (κ1) is 44.5. The Bertz CT molecular complexity index is 2390. The van der Waals surface area contributed by atoms with Gasteiger partial charge in [0.05, 0.1) is 33.0 Å². The number of carbonyl (C=O) groups is 1. The van der Waals surface area contributed by atoms with Crippen molar-refractivity contribution in [1.29, 1.82) is 0 Å². The van der Waals surface area contributed by atoms with E-state index in [2.05, 4.69) is 59.8 Å². The van der Waals surface area contributed by atoms with Crippen LogP contribution in [0, 0.1) is 0 Å². The highest BCUT2D eigenvalue weighted by Gasteiger charge is 2.36. The van der Waals surface area contributed by atoms with Crippen LogP contribution in [-0.4, -0.2) is 154 Å². The fourth-order valence-corrected chi connectivity index (χ4v) is 12.6. The summed E-state index contributed by atoms with van der Waals surface area (Å²) >= 11 is 12.1. The predicted octanol–water partition coefficient (Wildman–Crippen LogP) is 4.21. The van der Waals surface area contributed by atoms with Gasteiger partial charge in [0, 0.05) is 136 Å². The van der Waals surface area contributed by atoms with E-state index in [1.165, 1.54) is 5.69 Å². The maximum Gasteiger partial charge on any atom is 0.251 e. The fourth-order valence-electron chi connectivity index (χ4n) is 9.70. The van der Waals surface area contributed by atoms with Gasteiger partial charge in [0.1, 0.15) is 27.5 Å². The molecule has 65 heavy (non-hydrogen) atoms. The minimum absolute atomic E-state index is 0.0709. The van der Waals surface area contributed by atoms with E-state index in [1.807, 2.05) is 29.2 Å². The number of aromatic nitrogens is 4. The number of carbonyl (C=O) groups excluding carboxylic acids is 1. The lowest BCUT2D eigenvalue weighted by Crippen LogP contribution is -2.47. The summed E-state index contributed by atoms with van der Waals surface area (Å²) < 4.78 is 30.9. The molecule has 4 aromatic rings. The minimum atomic E-state index is -1.10. The maximum absolute atomic E-state index is 12.8. The number of aryl methyl sites for hydroxylation is 2.